The summed E-state index contributed by atoms with van der Waals surface area (Å²) in [5.41, 5.74) is 2.00. The van der Waals surface area contributed by atoms with Crippen molar-refractivity contribution in [3.8, 4) is 0 Å². The number of hydrogen-bond donors (Lipinski definition) is 3. The Morgan fingerprint density at radius 3 is 2.55 bits per heavy atom. The number of hydrogen-bond acceptors (Lipinski definition) is 5. The van der Waals surface area contributed by atoms with Gasteiger partial charge in [0.25, 0.3) is 5.91 Å². The number of anilines is 1. The SMILES string of the molecule is CC(C)(C)c1nnc(NC(=O)C(Cc2c[nH]c3ccccc23)NC(=O)c2ccccc2Cl)s1. The lowest BCUT2D eigenvalue weighted by atomic mass is 9.98. The molecule has 2 heterocycles. The Bertz CT molecular complexity index is 1310. The van der Waals surface area contributed by atoms with E-state index in [1.54, 1.807) is 24.3 Å². The third-order valence-electron chi connectivity index (χ3n) is 5.14. The molecule has 3 N–H and O–H groups in total. The first kappa shape index (κ1) is 22.9. The van der Waals surface area contributed by atoms with Crippen LogP contribution in [-0.2, 0) is 16.6 Å². The van der Waals surface area contributed by atoms with Crippen LogP contribution in [0.5, 0.6) is 0 Å². The number of nitrogens with zero attached hydrogens (tertiary/aromatic N) is 2. The monoisotopic (exact) mass is 481 g/mol. The lowest BCUT2D eigenvalue weighted by Gasteiger charge is -2.18. The van der Waals surface area contributed by atoms with Gasteiger partial charge in [0, 0.05) is 28.9 Å². The summed E-state index contributed by atoms with van der Waals surface area (Å²) in [4.78, 5) is 29.4. The second kappa shape index (κ2) is 9.33. The van der Waals surface area contributed by atoms with E-state index >= 15 is 0 Å². The molecule has 0 aliphatic heterocycles. The van der Waals surface area contributed by atoms with Crippen molar-refractivity contribution in [1.82, 2.24) is 20.5 Å². The summed E-state index contributed by atoms with van der Waals surface area (Å²) >= 11 is 7.51. The number of carbonyl (C=O) groups excluding carboxylic acids is 2. The smallest absolute Gasteiger partial charge is 0.253 e. The van der Waals surface area contributed by atoms with Gasteiger partial charge in [-0.2, -0.15) is 0 Å². The molecule has 0 saturated carbocycles. The van der Waals surface area contributed by atoms with Gasteiger partial charge in [-0.05, 0) is 23.8 Å². The first-order valence-electron chi connectivity index (χ1n) is 10.5. The Hall–Kier alpha value is -3.23. The summed E-state index contributed by atoms with van der Waals surface area (Å²) in [6.07, 6.45) is 2.15. The molecule has 2 amide bonds. The van der Waals surface area contributed by atoms with Gasteiger partial charge in [-0.1, -0.05) is 74.0 Å². The molecule has 33 heavy (non-hydrogen) atoms. The minimum absolute atomic E-state index is 0.178. The van der Waals surface area contributed by atoms with Crippen LogP contribution in [0.1, 0.15) is 41.7 Å². The molecule has 1 atom stereocenters. The number of halogens is 1. The first-order chi connectivity index (χ1) is 15.7. The normalized spacial score (nSPS) is 12.5. The van der Waals surface area contributed by atoms with Gasteiger partial charge >= 0.3 is 0 Å². The predicted octanol–water partition coefficient (Wildman–Crippen LogP) is 4.95. The molecule has 0 aliphatic carbocycles. The highest BCUT2D eigenvalue weighted by Gasteiger charge is 2.26. The maximum atomic E-state index is 13.3. The van der Waals surface area contributed by atoms with E-state index in [2.05, 4.69) is 25.8 Å². The van der Waals surface area contributed by atoms with E-state index in [1.807, 2.05) is 51.2 Å². The third-order valence-corrected chi connectivity index (χ3v) is 6.73. The lowest BCUT2D eigenvalue weighted by Crippen LogP contribution is -2.45. The van der Waals surface area contributed by atoms with Crippen LogP contribution in [0.15, 0.2) is 54.7 Å². The van der Waals surface area contributed by atoms with Crippen LogP contribution in [0.4, 0.5) is 5.13 Å². The van der Waals surface area contributed by atoms with E-state index in [9.17, 15) is 9.59 Å². The van der Waals surface area contributed by atoms with Crippen LogP contribution in [0.3, 0.4) is 0 Å². The van der Waals surface area contributed by atoms with Crippen LogP contribution < -0.4 is 10.6 Å². The zero-order chi connectivity index (χ0) is 23.6. The van der Waals surface area contributed by atoms with Gasteiger partial charge in [-0.25, -0.2) is 0 Å². The van der Waals surface area contributed by atoms with Gasteiger partial charge in [0.1, 0.15) is 11.0 Å². The number of nitrogens with one attached hydrogen (secondary N) is 3. The van der Waals surface area contributed by atoms with Crippen molar-refractivity contribution in [3.05, 3.63) is 75.9 Å². The lowest BCUT2D eigenvalue weighted by molar-refractivity contribution is -0.118. The van der Waals surface area contributed by atoms with Crippen molar-refractivity contribution < 1.29 is 9.59 Å². The Kier molecular flexibility index (Phi) is 6.49. The van der Waals surface area contributed by atoms with Gasteiger partial charge in [0.15, 0.2) is 0 Å². The average Bonchev–Trinajstić information content (AvgIpc) is 3.41. The molecule has 0 spiro atoms. The van der Waals surface area contributed by atoms with Crippen molar-refractivity contribution in [2.45, 2.75) is 38.6 Å². The second-order valence-corrected chi connectivity index (χ2v) is 10.1. The molecular weight excluding hydrogens is 458 g/mol. The van der Waals surface area contributed by atoms with Gasteiger partial charge < -0.3 is 10.3 Å². The molecule has 9 heteroatoms. The minimum atomic E-state index is -0.852. The van der Waals surface area contributed by atoms with Crippen LogP contribution >= 0.6 is 22.9 Å². The van der Waals surface area contributed by atoms with Crippen LogP contribution in [0, 0.1) is 0 Å². The Labute approximate surface area is 200 Å². The van der Waals surface area contributed by atoms with Crippen molar-refractivity contribution in [1.29, 1.82) is 0 Å². The summed E-state index contributed by atoms with van der Waals surface area (Å²) in [6, 6.07) is 13.7. The highest BCUT2D eigenvalue weighted by atomic mass is 35.5. The molecule has 0 fully saturated rings. The molecule has 170 valence electrons. The quantitative estimate of drug-likeness (QED) is 0.362. The molecule has 2 aromatic heterocycles. The fourth-order valence-electron chi connectivity index (χ4n) is 3.38. The minimum Gasteiger partial charge on any atom is -0.361 e. The van der Waals surface area contributed by atoms with Gasteiger partial charge in [0.05, 0.1) is 10.6 Å². The Balaban J connectivity index is 1.60. The van der Waals surface area contributed by atoms with Gasteiger partial charge in [-0.15, -0.1) is 10.2 Å². The average molecular weight is 482 g/mol. The summed E-state index contributed by atoms with van der Waals surface area (Å²) in [5, 5.41) is 16.5. The number of aromatic amines is 1. The molecule has 1 unspecified atom stereocenters. The van der Waals surface area contributed by atoms with E-state index in [4.69, 9.17) is 11.6 Å². The summed E-state index contributed by atoms with van der Waals surface area (Å²) in [5.74, 6) is -0.800. The highest BCUT2D eigenvalue weighted by molar-refractivity contribution is 7.15. The van der Waals surface area contributed by atoms with Crippen molar-refractivity contribution in [2.24, 2.45) is 0 Å². The number of fused-ring (bicyclic) bond motifs is 1. The number of aromatic nitrogens is 3. The number of H-pyrrole nitrogens is 1. The standard InChI is InChI=1S/C24H24ClN5O2S/c1-24(2,3)22-29-30-23(33-22)28-21(32)19(27-20(31)16-9-4-6-10-17(16)25)12-14-13-26-18-11-7-5-8-15(14)18/h4-11,13,19,26H,12H2,1-3H3,(H,27,31)(H,28,30,32). The number of rotatable bonds is 6. The van der Waals surface area contributed by atoms with E-state index in [0.29, 0.717) is 15.7 Å². The van der Waals surface area contributed by atoms with Crippen LogP contribution in [0.25, 0.3) is 10.9 Å². The number of benzene rings is 2. The molecule has 0 bridgehead atoms. The molecular formula is C24H24ClN5O2S. The topological polar surface area (TPSA) is 99.8 Å². The van der Waals surface area contributed by atoms with Crippen molar-refractivity contribution >= 4 is 50.8 Å². The molecule has 4 rings (SSSR count). The predicted molar refractivity (Wildman–Crippen MR) is 132 cm³/mol. The van der Waals surface area contributed by atoms with E-state index in [-0.39, 0.29) is 17.7 Å². The van der Waals surface area contributed by atoms with E-state index in [0.717, 1.165) is 21.5 Å². The van der Waals surface area contributed by atoms with Gasteiger partial charge in [0.2, 0.25) is 11.0 Å². The second-order valence-electron chi connectivity index (χ2n) is 8.72. The molecule has 2 aromatic carbocycles. The largest absolute Gasteiger partial charge is 0.361 e. The summed E-state index contributed by atoms with van der Waals surface area (Å²) < 4.78 is 0. The summed E-state index contributed by atoms with van der Waals surface area (Å²) in [6.45, 7) is 6.09. The van der Waals surface area contributed by atoms with Crippen molar-refractivity contribution in [2.75, 3.05) is 5.32 Å². The van der Waals surface area contributed by atoms with E-state index < -0.39 is 11.9 Å². The third kappa shape index (κ3) is 5.23. The molecule has 0 aliphatic rings. The van der Waals surface area contributed by atoms with Gasteiger partial charge in [-0.3, -0.25) is 14.9 Å². The molecule has 0 radical (unpaired) electrons. The van der Waals surface area contributed by atoms with Crippen molar-refractivity contribution in [3.63, 3.8) is 0 Å². The zero-order valence-electron chi connectivity index (χ0n) is 18.5. The highest BCUT2D eigenvalue weighted by Crippen LogP contribution is 2.28. The maximum absolute atomic E-state index is 13.3. The number of carbonyl (C=O) groups is 2. The zero-order valence-corrected chi connectivity index (χ0v) is 20.1. The van der Waals surface area contributed by atoms with Crippen LogP contribution in [-0.4, -0.2) is 33.0 Å². The fraction of sp³-hybridized carbons (Fsp3) is 0.250. The van der Waals surface area contributed by atoms with Crippen LogP contribution in [0.2, 0.25) is 5.02 Å². The summed E-state index contributed by atoms with van der Waals surface area (Å²) in [7, 11) is 0. The first-order valence-corrected chi connectivity index (χ1v) is 11.7. The fourth-order valence-corrected chi connectivity index (χ4v) is 4.41. The number of para-hydroxylation sites is 1. The maximum Gasteiger partial charge on any atom is 0.253 e. The van der Waals surface area contributed by atoms with E-state index in [1.165, 1.54) is 11.3 Å². The Morgan fingerprint density at radius 1 is 1.09 bits per heavy atom. The molecule has 0 saturated heterocycles. The Morgan fingerprint density at radius 2 is 1.82 bits per heavy atom. The molecule has 4 aromatic rings. The number of amides is 2. The molecule has 7 nitrogen and oxygen atoms in total.